The van der Waals surface area contributed by atoms with E-state index in [4.69, 9.17) is 9.47 Å². The third-order valence-electron chi connectivity index (χ3n) is 4.27. The predicted octanol–water partition coefficient (Wildman–Crippen LogP) is 2.73. The maximum absolute atomic E-state index is 12.2. The molecule has 0 N–H and O–H groups in total. The molecule has 24 heavy (non-hydrogen) atoms. The van der Waals surface area contributed by atoms with Crippen LogP contribution in [0.15, 0.2) is 18.2 Å². The highest BCUT2D eigenvalue weighted by atomic mass is 16.6. The molecule has 1 aliphatic rings. The lowest BCUT2D eigenvalue weighted by atomic mass is 9.92. The fourth-order valence-electron chi connectivity index (χ4n) is 3.14. The van der Waals surface area contributed by atoms with Gasteiger partial charge in [-0.1, -0.05) is 26.0 Å². The first-order chi connectivity index (χ1) is 11.3. The van der Waals surface area contributed by atoms with Gasteiger partial charge in [0, 0.05) is 13.1 Å². The Bertz CT molecular complexity index is 589. The van der Waals surface area contributed by atoms with E-state index >= 15 is 0 Å². The molecule has 1 aromatic rings. The van der Waals surface area contributed by atoms with Gasteiger partial charge in [-0.2, -0.15) is 0 Å². The van der Waals surface area contributed by atoms with E-state index < -0.39 is 5.97 Å². The summed E-state index contributed by atoms with van der Waals surface area (Å²) in [6.07, 6.45) is 1.13. The molecule has 1 heterocycles. The van der Waals surface area contributed by atoms with Crippen molar-refractivity contribution in [3.8, 4) is 5.75 Å². The smallest absolute Gasteiger partial charge is 0.344 e. The van der Waals surface area contributed by atoms with Crippen molar-refractivity contribution in [1.29, 1.82) is 0 Å². The van der Waals surface area contributed by atoms with Crippen LogP contribution in [0.1, 0.15) is 31.4 Å². The van der Waals surface area contributed by atoms with Crippen LogP contribution in [0.25, 0.3) is 0 Å². The van der Waals surface area contributed by atoms with Crippen LogP contribution in [0.5, 0.6) is 5.75 Å². The van der Waals surface area contributed by atoms with Gasteiger partial charge in [0.2, 0.25) is 0 Å². The van der Waals surface area contributed by atoms with Crippen molar-refractivity contribution in [3.63, 3.8) is 0 Å². The fourth-order valence-corrected chi connectivity index (χ4v) is 3.14. The Hall–Kier alpha value is -2.04. The van der Waals surface area contributed by atoms with Crippen LogP contribution >= 0.6 is 0 Å². The number of rotatable bonds is 5. The molecular weight excluding hydrogens is 306 g/mol. The number of hydrogen-bond donors (Lipinski definition) is 0. The van der Waals surface area contributed by atoms with E-state index in [0.717, 1.165) is 30.6 Å². The molecule has 1 saturated heterocycles. The largest absolute Gasteiger partial charge is 0.482 e. The molecule has 0 aliphatic carbocycles. The molecule has 2 unspecified atom stereocenters. The Morgan fingerprint density at radius 1 is 1.12 bits per heavy atom. The summed E-state index contributed by atoms with van der Waals surface area (Å²) in [7, 11) is 0. The summed E-state index contributed by atoms with van der Waals surface area (Å²) in [5, 5.41) is 0. The number of aryl methyl sites for hydroxylation is 2. The van der Waals surface area contributed by atoms with E-state index in [1.807, 2.05) is 32.0 Å². The van der Waals surface area contributed by atoms with Gasteiger partial charge in [-0.3, -0.25) is 4.79 Å². The first-order valence-corrected chi connectivity index (χ1v) is 8.48. The van der Waals surface area contributed by atoms with E-state index in [0.29, 0.717) is 17.6 Å². The van der Waals surface area contributed by atoms with Gasteiger partial charge in [0.25, 0.3) is 5.91 Å². The molecule has 0 radical (unpaired) electrons. The number of piperidine rings is 1. The third-order valence-corrected chi connectivity index (χ3v) is 4.27. The van der Waals surface area contributed by atoms with E-state index in [1.165, 1.54) is 0 Å². The summed E-state index contributed by atoms with van der Waals surface area (Å²) >= 11 is 0. The van der Waals surface area contributed by atoms with Crippen LogP contribution in [0.2, 0.25) is 0 Å². The van der Waals surface area contributed by atoms with E-state index in [1.54, 1.807) is 4.90 Å². The molecule has 5 nitrogen and oxygen atoms in total. The van der Waals surface area contributed by atoms with Crippen molar-refractivity contribution >= 4 is 11.9 Å². The van der Waals surface area contributed by atoms with Crippen LogP contribution in [0.4, 0.5) is 0 Å². The summed E-state index contributed by atoms with van der Waals surface area (Å²) < 4.78 is 10.6. The Morgan fingerprint density at radius 3 is 2.46 bits per heavy atom. The summed E-state index contributed by atoms with van der Waals surface area (Å²) in [5.74, 6) is 0.981. The van der Waals surface area contributed by atoms with Gasteiger partial charge in [0.1, 0.15) is 5.75 Å². The molecular formula is C19H27NO4. The summed E-state index contributed by atoms with van der Waals surface area (Å²) in [6.45, 7) is 9.23. The molecule has 1 aliphatic heterocycles. The third kappa shape index (κ3) is 5.25. The van der Waals surface area contributed by atoms with Crippen molar-refractivity contribution in [2.24, 2.45) is 11.8 Å². The first kappa shape index (κ1) is 18.3. The number of esters is 1. The van der Waals surface area contributed by atoms with Gasteiger partial charge in [0.15, 0.2) is 13.2 Å². The molecule has 2 rings (SSSR count). The van der Waals surface area contributed by atoms with E-state index in [9.17, 15) is 9.59 Å². The Balaban J connectivity index is 1.76. The maximum Gasteiger partial charge on any atom is 0.344 e. The number of benzene rings is 1. The highest BCUT2D eigenvalue weighted by Crippen LogP contribution is 2.21. The Kier molecular flexibility index (Phi) is 6.23. The van der Waals surface area contributed by atoms with Crippen LogP contribution in [-0.4, -0.2) is 43.1 Å². The maximum atomic E-state index is 12.2. The molecule has 5 heteroatoms. The highest BCUT2D eigenvalue weighted by molar-refractivity contribution is 5.81. The second-order valence-corrected chi connectivity index (χ2v) is 6.96. The number of ether oxygens (including phenoxy) is 2. The number of hydrogen-bond acceptors (Lipinski definition) is 4. The van der Waals surface area contributed by atoms with Crippen molar-refractivity contribution < 1.29 is 19.1 Å². The molecule has 1 amide bonds. The zero-order valence-electron chi connectivity index (χ0n) is 15.0. The minimum absolute atomic E-state index is 0.131. The molecule has 0 saturated carbocycles. The first-order valence-electron chi connectivity index (χ1n) is 8.48. The lowest BCUT2D eigenvalue weighted by Crippen LogP contribution is -2.44. The van der Waals surface area contributed by atoms with Crippen molar-refractivity contribution in [2.45, 2.75) is 34.1 Å². The van der Waals surface area contributed by atoms with Gasteiger partial charge in [0.05, 0.1) is 0 Å². The Labute approximate surface area is 143 Å². The monoisotopic (exact) mass is 333 g/mol. The van der Waals surface area contributed by atoms with Crippen LogP contribution in [0.3, 0.4) is 0 Å². The Morgan fingerprint density at radius 2 is 1.79 bits per heavy atom. The second kappa shape index (κ2) is 8.18. The van der Waals surface area contributed by atoms with Gasteiger partial charge < -0.3 is 14.4 Å². The molecule has 0 aromatic heterocycles. The minimum atomic E-state index is -0.526. The molecule has 2 atom stereocenters. The number of carbonyl (C=O) groups is 2. The van der Waals surface area contributed by atoms with Crippen LogP contribution < -0.4 is 4.74 Å². The van der Waals surface area contributed by atoms with Gasteiger partial charge in [-0.25, -0.2) is 4.79 Å². The number of likely N-dealkylation sites (tertiary alicyclic amines) is 1. The van der Waals surface area contributed by atoms with E-state index in [-0.39, 0.29) is 19.1 Å². The zero-order valence-corrected chi connectivity index (χ0v) is 15.0. The summed E-state index contributed by atoms with van der Waals surface area (Å²) in [6, 6.07) is 5.81. The van der Waals surface area contributed by atoms with Crippen LogP contribution in [-0.2, 0) is 14.3 Å². The predicted molar refractivity (Wildman–Crippen MR) is 91.9 cm³/mol. The summed E-state index contributed by atoms with van der Waals surface area (Å²) in [4.78, 5) is 25.8. The molecule has 0 bridgehead atoms. The topological polar surface area (TPSA) is 55.8 Å². The lowest BCUT2D eigenvalue weighted by Gasteiger charge is -2.34. The molecule has 0 spiro atoms. The van der Waals surface area contributed by atoms with E-state index in [2.05, 4.69) is 13.8 Å². The minimum Gasteiger partial charge on any atom is -0.482 e. The molecule has 1 fully saturated rings. The van der Waals surface area contributed by atoms with Crippen LogP contribution in [0, 0.1) is 25.7 Å². The highest BCUT2D eigenvalue weighted by Gasteiger charge is 2.25. The average molecular weight is 333 g/mol. The summed E-state index contributed by atoms with van der Waals surface area (Å²) in [5.41, 5.74) is 2.02. The van der Waals surface area contributed by atoms with Crippen molar-refractivity contribution in [3.05, 3.63) is 29.3 Å². The zero-order chi connectivity index (χ0) is 17.7. The van der Waals surface area contributed by atoms with Crippen molar-refractivity contribution in [2.75, 3.05) is 26.3 Å². The lowest BCUT2D eigenvalue weighted by molar-refractivity contribution is -0.154. The second-order valence-electron chi connectivity index (χ2n) is 6.96. The van der Waals surface area contributed by atoms with Gasteiger partial charge >= 0.3 is 5.97 Å². The number of carbonyl (C=O) groups excluding carboxylic acids is 2. The molecule has 1 aromatic carbocycles. The number of nitrogens with zero attached hydrogens (tertiary/aromatic N) is 1. The average Bonchev–Trinajstić information content (AvgIpc) is 2.52. The van der Waals surface area contributed by atoms with Gasteiger partial charge in [-0.15, -0.1) is 0 Å². The normalized spacial score (nSPS) is 20.6. The standard InChI is InChI=1S/C19H27NO4/c1-13-5-6-16(4)17(8-13)23-12-19(22)24-11-18(21)20-9-14(2)7-15(3)10-20/h5-6,8,14-15H,7,9-12H2,1-4H3. The SMILES string of the molecule is Cc1ccc(C)c(OCC(=O)OCC(=O)N2CC(C)CC(C)C2)c1. The number of amides is 1. The fraction of sp³-hybridized carbons (Fsp3) is 0.579. The molecule has 132 valence electrons. The van der Waals surface area contributed by atoms with Gasteiger partial charge in [-0.05, 0) is 49.3 Å². The van der Waals surface area contributed by atoms with Crippen molar-refractivity contribution in [1.82, 2.24) is 4.90 Å². The quantitative estimate of drug-likeness (QED) is 0.778.